The van der Waals surface area contributed by atoms with Crippen LogP contribution in [0.2, 0.25) is 0 Å². The van der Waals surface area contributed by atoms with E-state index in [0.29, 0.717) is 54.4 Å². The monoisotopic (exact) mass is 715 g/mol. The molecule has 1 atom stereocenters. The molecule has 0 aliphatic carbocycles. The van der Waals surface area contributed by atoms with Crippen LogP contribution >= 0.6 is 0 Å². The Morgan fingerprint density at radius 1 is 1.04 bits per heavy atom. The van der Waals surface area contributed by atoms with Gasteiger partial charge in [0.2, 0.25) is 10.0 Å². The number of hydrogen-bond acceptors (Lipinski definition) is 10. The fourth-order valence-electron chi connectivity index (χ4n) is 6.03. The second-order valence-corrected chi connectivity index (χ2v) is 15.0. The number of hydrogen-bond donors (Lipinski definition) is 3. The Bertz CT molecular complexity index is 1880. The molecular formula is C29H36F3N7O7S2. The SMILES string of the molecule is COC(=O)c1cccc(NS(C)(=O)=O)c1N1CCN(CC(O)Cn2nc(-c3ccc(C(F)(F)F)cc3)c3c2CCN(S(N)(=O)=O)C3)CC1. The molecule has 1 fully saturated rings. The number of aliphatic hydroxyl groups is 1. The van der Waals surface area contributed by atoms with Crippen molar-refractivity contribution in [2.24, 2.45) is 5.14 Å². The Morgan fingerprint density at radius 3 is 2.29 bits per heavy atom. The second kappa shape index (κ2) is 13.6. The highest BCUT2D eigenvalue weighted by molar-refractivity contribution is 7.92. The number of rotatable bonds is 10. The van der Waals surface area contributed by atoms with Crippen LogP contribution in [0.5, 0.6) is 0 Å². The number of piperazine rings is 1. The van der Waals surface area contributed by atoms with E-state index < -0.39 is 44.0 Å². The number of methoxy groups -OCH3 is 1. The number of nitrogens with zero attached hydrogens (tertiary/aromatic N) is 5. The summed E-state index contributed by atoms with van der Waals surface area (Å²) in [6.07, 6.45) is -4.21. The normalized spacial score (nSPS) is 17.2. The number of aromatic nitrogens is 2. The minimum absolute atomic E-state index is 0.0339. The third-order valence-corrected chi connectivity index (χ3v) is 9.84. The number of halogens is 3. The molecule has 2 aromatic carbocycles. The molecule has 1 aromatic heterocycles. The maximum absolute atomic E-state index is 13.2. The molecule has 262 valence electrons. The highest BCUT2D eigenvalue weighted by Crippen LogP contribution is 2.35. The van der Waals surface area contributed by atoms with Crippen LogP contribution in [-0.4, -0.2) is 106 Å². The predicted molar refractivity (Wildman–Crippen MR) is 171 cm³/mol. The molecule has 0 radical (unpaired) electrons. The smallest absolute Gasteiger partial charge is 0.416 e. The molecule has 0 spiro atoms. The maximum atomic E-state index is 13.2. The minimum Gasteiger partial charge on any atom is -0.465 e. The van der Waals surface area contributed by atoms with Crippen LogP contribution in [0, 0.1) is 0 Å². The molecule has 5 rings (SSSR count). The second-order valence-electron chi connectivity index (χ2n) is 11.7. The van der Waals surface area contributed by atoms with Gasteiger partial charge in [-0.25, -0.2) is 18.4 Å². The van der Waals surface area contributed by atoms with Gasteiger partial charge in [0.15, 0.2) is 0 Å². The van der Waals surface area contributed by atoms with Crippen molar-refractivity contribution >= 4 is 37.6 Å². The van der Waals surface area contributed by atoms with Crippen molar-refractivity contribution in [3.8, 4) is 11.3 Å². The number of anilines is 2. The Kier molecular flexibility index (Phi) is 10.1. The molecule has 1 unspecified atom stereocenters. The van der Waals surface area contributed by atoms with Gasteiger partial charge in [-0.3, -0.25) is 14.3 Å². The number of β-amino-alcohol motifs (C(OH)–C–C–N with tert-alkyl or cyclic N) is 1. The Hall–Kier alpha value is -3.75. The van der Waals surface area contributed by atoms with Crippen molar-refractivity contribution in [1.82, 2.24) is 19.0 Å². The topological polar surface area (TPSA) is 180 Å². The van der Waals surface area contributed by atoms with Gasteiger partial charge in [0.25, 0.3) is 10.2 Å². The molecule has 0 saturated carbocycles. The van der Waals surface area contributed by atoms with Gasteiger partial charge in [-0.2, -0.15) is 31.0 Å². The average Bonchev–Trinajstić information content (AvgIpc) is 3.36. The van der Waals surface area contributed by atoms with Gasteiger partial charge in [-0.15, -0.1) is 0 Å². The van der Waals surface area contributed by atoms with Crippen molar-refractivity contribution in [2.75, 3.05) is 62.3 Å². The van der Waals surface area contributed by atoms with E-state index in [1.807, 2.05) is 9.80 Å². The van der Waals surface area contributed by atoms with Crippen LogP contribution in [-0.2, 0) is 50.7 Å². The van der Waals surface area contributed by atoms with Crippen molar-refractivity contribution < 1.29 is 44.6 Å². The van der Waals surface area contributed by atoms with E-state index in [1.54, 1.807) is 22.9 Å². The first-order valence-corrected chi connectivity index (χ1v) is 18.2. The fraction of sp³-hybridized carbons (Fsp3) is 0.448. The molecule has 3 heterocycles. The molecule has 3 aromatic rings. The summed E-state index contributed by atoms with van der Waals surface area (Å²) in [7, 11) is -6.46. The van der Waals surface area contributed by atoms with E-state index in [9.17, 15) is 39.9 Å². The maximum Gasteiger partial charge on any atom is 0.416 e. The lowest BCUT2D eigenvalue weighted by Crippen LogP contribution is -2.49. The number of ether oxygens (including phenoxy) is 1. The average molecular weight is 716 g/mol. The zero-order valence-corrected chi connectivity index (χ0v) is 27.8. The summed E-state index contributed by atoms with van der Waals surface area (Å²) >= 11 is 0. The summed E-state index contributed by atoms with van der Waals surface area (Å²) in [4.78, 5) is 16.4. The van der Waals surface area contributed by atoms with Gasteiger partial charge in [0, 0.05) is 69.1 Å². The van der Waals surface area contributed by atoms with Gasteiger partial charge in [-0.05, 0) is 24.3 Å². The van der Waals surface area contributed by atoms with Gasteiger partial charge >= 0.3 is 12.1 Å². The number of carbonyl (C=O) groups excluding carboxylic acids is 1. The highest BCUT2D eigenvalue weighted by atomic mass is 32.2. The van der Waals surface area contributed by atoms with Crippen LogP contribution in [0.4, 0.5) is 24.5 Å². The molecule has 0 amide bonds. The Labute approximate surface area is 276 Å². The molecule has 2 aliphatic rings. The highest BCUT2D eigenvalue weighted by Gasteiger charge is 2.33. The summed E-state index contributed by atoms with van der Waals surface area (Å²) < 4.78 is 97.8. The number of para-hydroxylation sites is 1. The van der Waals surface area contributed by atoms with Gasteiger partial charge < -0.3 is 14.7 Å². The van der Waals surface area contributed by atoms with Crippen LogP contribution < -0.4 is 14.8 Å². The number of benzene rings is 2. The molecule has 1 saturated heterocycles. The lowest BCUT2D eigenvalue weighted by molar-refractivity contribution is -0.137. The van der Waals surface area contributed by atoms with Gasteiger partial charge in [-0.1, -0.05) is 18.2 Å². The van der Waals surface area contributed by atoms with E-state index in [4.69, 9.17) is 9.88 Å². The molecule has 0 bridgehead atoms. The van der Waals surface area contributed by atoms with E-state index in [2.05, 4.69) is 9.82 Å². The van der Waals surface area contributed by atoms with E-state index in [0.717, 1.165) is 22.7 Å². The first-order chi connectivity index (χ1) is 22.4. The molecular weight excluding hydrogens is 679 g/mol. The van der Waals surface area contributed by atoms with Crippen molar-refractivity contribution in [2.45, 2.75) is 31.8 Å². The third kappa shape index (κ3) is 8.09. The summed E-state index contributed by atoms with van der Waals surface area (Å²) in [6, 6.07) is 9.08. The predicted octanol–water partition coefficient (Wildman–Crippen LogP) is 1.47. The zero-order chi connectivity index (χ0) is 35.0. The Morgan fingerprint density at radius 2 is 1.71 bits per heavy atom. The molecule has 19 heteroatoms. The fourth-order valence-corrected chi connectivity index (χ4v) is 7.25. The van der Waals surface area contributed by atoms with Crippen molar-refractivity contribution in [3.05, 3.63) is 64.8 Å². The first-order valence-electron chi connectivity index (χ1n) is 14.8. The summed E-state index contributed by atoms with van der Waals surface area (Å²) in [5.74, 6) is -0.620. The third-order valence-electron chi connectivity index (χ3n) is 8.22. The Balaban J connectivity index is 1.32. The number of carbonyl (C=O) groups is 1. The van der Waals surface area contributed by atoms with Crippen molar-refractivity contribution in [3.63, 3.8) is 0 Å². The van der Waals surface area contributed by atoms with Gasteiger partial charge in [0.05, 0.1) is 54.2 Å². The van der Waals surface area contributed by atoms with Gasteiger partial charge in [0.1, 0.15) is 0 Å². The number of nitrogens with two attached hydrogens (primary N) is 1. The van der Waals surface area contributed by atoms with E-state index >= 15 is 0 Å². The minimum atomic E-state index is -4.53. The lowest BCUT2D eigenvalue weighted by Gasteiger charge is -2.38. The molecule has 14 nitrogen and oxygen atoms in total. The van der Waals surface area contributed by atoms with Crippen LogP contribution in [0.15, 0.2) is 42.5 Å². The standard InChI is InChI=1S/C29H36F3N7O7S2/c1-46-28(41)22-4-3-5-24(35-47(2,42)43)27(22)37-14-12-36(13-15-37)16-21(40)17-39-25-10-11-38(48(33,44)45)18-23(25)26(34-39)19-6-8-20(9-7-19)29(30,31)32/h3-9,21,35,40H,10-18H2,1-2H3,(H2,33,44,45). The van der Waals surface area contributed by atoms with E-state index in [1.165, 1.54) is 19.2 Å². The molecule has 2 aliphatic heterocycles. The number of fused-ring (bicyclic) bond motifs is 1. The molecule has 48 heavy (non-hydrogen) atoms. The van der Waals surface area contributed by atoms with Crippen molar-refractivity contribution in [1.29, 1.82) is 0 Å². The van der Waals surface area contributed by atoms with Crippen LogP contribution in [0.25, 0.3) is 11.3 Å². The quantitative estimate of drug-likeness (QED) is 0.260. The van der Waals surface area contributed by atoms with Crippen LogP contribution in [0.3, 0.4) is 0 Å². The number of alkyl halides is 3. The summed E-state index contributed by atoms with van der Waals surface area (Å²) in [5, 5.41) is 21.1. The lowest BCUT2D eigenvalue weighted by atomic mass is 10.0. The zero-order valence-electron chi connectivity index (χ0n) is 26.1. The number of nitrogens with one attached hydrogen (secondary N) is 1. The summed E-state index contributed by atoms with van der Waals surface area (Å²) in [5.41, 5.74) is 1.81. The molecule has 4 N–H and O–H groups in total. The largest absolute Gasteiger partial charge is 0.465 e. The first kappa shape index (κ1) is 35.6. The van der Waals surface area contributed by atoms with Crippen LogP contribution in [0.1, 0.15) is 27.2 Å². The number of sulfonamides is 1. The summed E-state index contributed by atoms with van der Waals surface area (Å²) in [6.45, 7) is 1.94. The number of aliphatic hydroxyl groups excluding tert-OH is 1. The van der Waals surface area contributed by atoms with E-state index in [-0.39, 0.29) is 43.9 Å². The number of esters is 1.